The molecule has 23 heavy (non-hydrogen) atoms. The molecule has 0 fully saturated rings. The number of hydrogen-bond acceptors (Lipinski definition) is 4. The summed E-state index contributed by atoms with van der Waals surface area (Å²) in [6.45, 7) is 1.64. The lowest BCUT2D eigenvalue weighted by atomic mass is 10.2. The fraction of sp³-hybridized carbons (Fsp3) is 0.176. The molecule has 0 aliphatic heterocycles. The van der Waals surface area contributed by atoms with Crippen LogP contribution in [0, 0.1) is 0 Å². The van der Waals surface area contributed by atoms with Gasteiger partial charge in [-0.2, -0.15) is 5.10 Å². The van der Waals surface area contributed by atoms with Crippen LogP contribution in [0.2, 0.25) is 5.02 Å². The van der Waals surface area contributed by atoms with E-state index in [2.05, 4.69) is 10.5 Å². The number of methoxy groups -OCH3 is 1. The Morgan fingerprint density at radius 1 is 1.22 bits per heavy atom. The molecule has 2 rings (SSSR count). The van der Waals surface area contributed by atoms with Crippen LogP contribution in [0.5, 0.6) is 11.5 Å². The predicted octanol–water partition coefficient (Wildman–Crippen LogP) is 3.27. The molecule has 0 heterocycles. The van der Waals surface area contributed by atoms with Gasteiger partial charge in [0.1, 0.15) is 11.5 Å². The van der Waals surface area contributed by atoms with Gasteiger partial charge in [0.25, 0.3) is 5.91 Å². The Morgan fingerprint density at radius 3 is 2.65 bits per heavy atom. The van der Waals surface area contributed by atoms with E-state index in [9.17, 15) is 4.79 Å². The second-order valence-electron chi connectivity index (χ2n) is 4.72. The zero-order valence-electron chi connectivity index (χ0n) is 12.8. The molecule has 120 valence electrons. The number of carbonyl (C=O) groups is 1. The molecule has 0 saturated heterocycles. The molecular formula is C17H17ClN2O3. The molecule has 0 aromatic heterocycles. The molecule has 1 N–H and O–H groups in total. The SMILES string of the molecule is COc1cccc(/C=N\NC(=O)[C@H](C)Oc2ccc(Cl)cc2)c1. The molecule has 2 aromatic rings. The van der Waals surface area contributed by atoms with Crippen LogP contribution in [0.3, 0.4) is 0 Å². The third-order valence-electron chi connectivity index (χ3n) is 2.98. The molecule has 2 aromatic carbocycles. The molecule has 5 nitrogen and oxygen atoms in total. The summed E-state index contributed by atoms with van der Waals surface area (Å²) in [5.41, 5.74) is 3.25. The molecule has 0 radical (unpaired) electrons. The smallest absolute Gasteiger partial charge is 0.280 e. The Hall–Kier alpha value is -2.53. The molecular weight excluding hydrogens is 316 g/mol. The molecule has 0 aliphatic carbocycles. The van der Waals surface area contributed by atoms with E-state index < -0.39 is 6.10 Å². The molecule has 6 heteroatoms. The molecule has 0 saturated carbocycles. The number of benzene rings is 2. The van der Waals surface area contributed by atoms with E-state index in [0.717, 1.165) is 11.3 Å². The largest absolute Gasteiger partial charge is 0.497 e. The van der Waals surface area contributed by atoms with Crippen molar-refractivity contribution in [2.75, 3.05) is 7.11 Å². The van der Waals surface area contributed by atoms with Gasteiger partial charge in [-0.25, -0.2) is 5.43 Å². The van der Waals surface area contributed by atoms with E-state index in [1.807, 2.05) is 24.3 Å². The highest BCUT2D eigenvalue weighted by Gasteiger charge is 2.13. The van der Waals surface area contributed by atoms with Crippen LogP contribution >= 0.6 is 11.6 Å². The van der Waals surface area contributed by atoms with E-state index in [4.69, 9.17) is 21.1 Å². The summed E-state index contributed by atoms with van der Waals surface area (Å²) in [4.78, 5) is 11.9. The van der Waals surface area contributed by atoms with Crippen molar-refractivity contribution in [1.82, 2.24) is 5.43 Å². The van der Waals surface area contributed by atoms with Crippen molar-refractivity contribution in [3.63, 3.8) is 0 Å². The maximum Gasteiger partial charge on any atom is 0.280 e. The third-order valence-corrected chi connectivity index (χ3v) is 3.23. The van der Waals surface area contributed by atoms with Crippen LogP contribution < -0.4 is 14.9 Å². The quantitative estimate of drug-likeness (QED) is 0.652. The summed E-state index contributed by atoms with van der Waals surface area (Å²) in [6, 6.07) is 14.1. The number of carbonyl (C=O) groups excluding carboxylic acids is 1. The van der Waals surface area contributed by atoms with Crippen LogP contribution in [-0.2, 0) is 4.79 Å². The van der Waals surface area contributed by atoms with E-state index in [0.29, 0.717) is 10.8 Å². The highest BCUT2D eigenvalue weighted by Crippen LogP contribution is 2.16. The number of hydrazone groups is 1. The summed E-state index contributed by atoms with van der Waals surface area (Å²) >= 11 is 5.80. The number of ether oxygens (including phenoxy) is 2. The van der Waals surface area contributed by atoms with Gasteiger partial charge in [-0.05, 0) is 48.9 Å². The average molecular weight is 333 g/mol. The van der Waals surface area contributed by atoms with Crippen molar-refractivity contribution in [3.8, 4) is 11.5 Å². The molecule has 1 atom stereocenters. The van der Waals surface area contributed by atoms with Gasteiger partial charge in [0.05, 0.1) is 13.3 Å². The minimum Gasteiger partial charge on any atom is -0.497 e. The lowest BCUT2D eigenvalue weighted by Crippen LogP contribution is -2.33. The first kappa shape index (κ1) is 16.8. The number of halogens is 1. The van der Waals surface area contributed by atoms with E-state index in [-0.39, 0.29) is 5.91 Å². The van der Waals surface area contributed by atoms with Gasteiger partial charge in [-0.3, -0.25) is 4.79 Å². The second kappa shape index (κ2) is 8.19. The highest BCUT2D eigenvalue weighted by molar-refractivity contribution is 6.30. The Morgan fingerprint density at radius 2 is 1.96 bits per heavy atom. The monoisotopic (exact) mass is 332 g/mol. The van der Waals surface area contributed by atoms with Gasteiger partial charge >= 0.3 is 0 Å². The lowest BCUT2D eigenvalue weighted by molar-refractivity contribution is -0.127. The average Bonchev–Trinajstić information content (AvgIpc) is 2.57. The van der Waals surface area contributed by atoms with Crippen LogP contribution in [0.4, 0.5) is 0 Å². The Kier molecular flexibility index (Phi) is 6.00. The van der Waals surface area contributed by atoms with Crippen LogP contribution in [0.1, 0.15) is 12.5 Å². The number of nitrogens with one attached hydrogen (secondary N) is 1. The summed E-state index contributed by atoms with van der Waals surface area (Å²) in [5, 5.41) is 4.52. The maximum absolute atomic E-state index is 11.9. The maximum atomic E-state index is 11.9. The molecule has 0 aliphatic rings. The van der Waals surface area contributed by atoms with Crippen molar-refractivity contribution < 1.29 is 14.3 Å². The Balaban J connectivity index is 1.88. The third kappa shape index (κ3) is 5.30. The van der Waals surface area contributed by atoms with Crippen LogP contribution in [0.25, 0.3) is 0 Å². The first-order chi connectivity index (χ1) is 11.1. The van der Waals surface area contributed by atoms with Gasteiger partial charge in [0.15, 0.2) is 6.10 Å². The topological polar surface area (TPSA) is 59.9 Å². The van der Waals surface area contributed by atoms with Gasteiger partial charge in [-0.15, -0.1) is 0 Å². The summed E-state index contributed by atoms with van der Waals surface area (Å²) in [7, 11) is 1.59. The number of nitrogens with zero attached hydrogens (tertiary/aromatic N) is 1. The van der Waals surface area contributed by atoms with Crippen molar-refractivity contribution >= 4 is 23.7 Å². The van der Waals surface area contributed by atoms with Crippen molar-refractivity contribution in [2.24, 2.45) is 5.10 Å². The highest BCUT2D eigenvalue weighted by atomic mass is 35.5. The van der Waals surface area contributed by atoms with Gasteiger partial charge < -0.3 is 9.47 Å². The Bertz CT molecular complexity index is 686. The minimum absolute atomic E-state index is 0.348. The first-order valence-corrected chi connectivity index (χ1v) is 7.35. The van der Waals surface area contributed by atoms with Crippen molar-refractivity contribution in [1.29, 1.82) is 0 Å². The number of amides is 1. The summed E-state index contributed by atoms with van der Waals surface area (Å²) in [5.74, 6) is 0.938. The Labute approximate surface area is 139 Å². The normalized spacial score (nSPS) is 12.0. The van der Waals surface area contributed by atoms with Crippen LogP contribution in [0.15, 0.2) is 53.6 Å². The molecule has 1 amide bonds. The van der Waals surface area contributed by atoms with Crippen molar-refractivity contribution in [3.05, 3.63) is 59.1 Å². The van der Waals surface area contributed by atoms with E-state index in [1.165, 1.54) is 6.21 Å². The minimum atomic E-state index is -0.682. The predicted molar refractivity (Wildman–Crippen MR) is 90.3 cm³/mol. The lowest BCUT2D eigenvalue weighted by Gasteiger charge is -2.12. The fourth-order valence-electron chi connectivity index (χ4n) is 1.75. The number of hydrogen-bond donors (Lipinski definition) is 1. The van der Waals surface area contributed by atoms with E-state index >= 15 is 0 Å². The zero-order chi connectivity index (χ0) is 16.7. The van der Waals surface area contributed by atoms with Crippen LogP contribution in [-0.4, -0.2) is 25.3 Å². The van der Waals surface area contributed by atoms with Gasteiger partial charge in [0.2, 0.25) is 0 Å². The zero-order valence-corrected chi connectivity index (χ0v) is 13.6. The molecule has 0 spiro atoms. The molecule has 0 unspecified atom stereocenters. The second-order valence-corrected chi connectivity index (χ2v) is 5.16. The summed E-state index contributed by atoms with van der Waals surface area (Å²) < 4.78 is 10.6. The number of rotatable bonds is 6. The molecule has 0 bridgehead atoms. The first-order valence-electron chi connectivity index (χ1n) is 6.97. The standard InChI is InChI=1S/C17H17ClN2O3/c1-12(23-15-8-6-14(18)7-9-15)17(21)20-19-11-13-4-3-5-16(10-13)22-2/h3-12H,1-2H3,(H,20,21)/b19-11-/t12-/m0/s1. The van der Waals surface area contributed by atoms with Gasteiger partial charge in [-0.1, -0.05) is 23.7 Å². The summed E-state index contributed by atoms with van der Waals surface area (Å²) in [6.07, 6.45) is 0.855. The van der Waals surface area contributed by atoms with Crippen molar-refractivity contribution in [2.45, 2.75) is 13.0 Å². The van der Waals surface area contributed by atoms with E-state index in [1.54, 1.807) is 38.3 Å². The van der Waals surface area contributed by atoms with Gasteiger partial charge in [0, 0.05) is 5.02 Å². The fourth-order valence-corrected chi connectivity index (χ4v) is 1.88.